The van der Waals surface area contributed by atoms with E-state index in [-0.39, 0.29) is 23.9 Å². The van der Waals surface area contributed by atoms with Gasteiger partial charge in [-0.15, -0.1) is 0 Å². The molecule has 0 radical (unpaired) electrons. The number of aliphatic hydroxyl groups excluding tert-OH is 1. The van der Waals surface area contributed by atoms with Crippen molar-refractivity contribution in [1.82, 2.24) is 10.3 Å². The first-order chi connectivity index (χ1) is 17.1. The van der Waals surface area contributed by atoms with Crippen LogP contribution in [0.2, 0.25) is 0 Å². The van der Waals surface area contributed by atoms with Gasteiger partial charge in [-0.3, -0.25) is 9.78 Å². The summed E-state index contributed by atoms with van der Waals surface area (Å²) in [6.07, 6.45) is 7.58. The number of pyridine rings is 1. The zero-order valence-electron chi connectivity index (χ0n) is 20.7. The van der Waals surface area contributed by atoms with Crippen molar-refractivity contribution in [2.24, 2.45) is 23.7 Å². The molecule has 2 N–H and O–H groups in total. The van der Waals surface area contributed by atoms with Gasteiger partial charge in [0.2, 0.25) is 0 Å². The van der Waals surface area contributed by atoms with Crippen LogP contribution in [0.3, 0.4) is 0 Å². The van der Waals surface area contributed by atoms with Crippen LogP contribution in [-0.4, -0.2) is 55.6 Å². The SMILES string of the molecule is COc1ccc2nccc(C(O)CC[C@H]3C(OC(=O)C4CCCNC4)C[C@H]3C3CCOCC3)c2c1. The fourth-order valence-electron chi connectivity index (χ4n) is 6.29. The maximum absolute atomic E-state index is 12.8. The number of aliphatic hydroxyl groups is 1. The Kier molecular flexibility index (Phi) is 7.85. The Balaban J connectivity index is 1.27. The molecule has 1 saturated carbocycles. The number of hydrogen-bond acceptors (Lipinski definition) is 7. The lowest BCUT2D eigenvalue weighted by atomic mass is 9.61. The Morgan fingerprint density at radius 2 is 2.11 bits per heavy atom. The van der Waals surface area contributed by atoms with Crippen LogP contribution in [0, 0.1) is 23.7 Å². The number of ether oxygens (including phenoxy) is 3. The summed E-state index contributed by atoms with van der Waals surface area (Å²) in [7, 11) is 1.64. The number of piperidine rings is 1. The lowest BCUT2D eigenvalue weighted by Gasteiger charge is -2.49. The quantitative estimate of drug-likeness (QED) is 0.549. The molecule has 3 fully saturated rings. The van der Waals surface area contributed by atoms with Gasteiger partial charge >= 0.3 is 5.97 Å². The smallest absolute Gasteiger partial charge is 0.310 e. The topological polar surface area (TPSA) is 89.9 Å². The molecule has 3 unspecified atom stereocenters. The first kappa shape index (κ1) is 24.5. The molecule has 1 aliphatic carbocycles. The molecule has 5 rings (SSSR count). The Labute approximate surface area is 207 Å². The summed E-state index contributed by atoms with van der Waals surface area (Å²) in [6, 6.07) is 7.65. The van der Waals surface area contributed by atoms with Gasteiger partial charge in [0, 0.05) is 31.3 Å². The lowest BCUT2D eigenvalue weighted by molar-refractivity contribution is -0.175. The normalized spacial score (nSPS) is 28.3. The molecule has 35 heavy (non-hydrogen) atoms. The third kappa shape index (κ3) is 5.47. The summed E-state index contributed by atoms with van der Waals surface area (Å²) in [5, 5.41) is 15.4. The van der Waals surface area contributed by atoms with E-state index in [1.807, 2.05) is 24.3 Å². The molecule has 7 heteroatoms. The van der Waals surface area contributed by atoms with Crippen molar-refractivity contribution in [2.45, 2.75) is 57.2 Å². The third-order valence-electron chi connectivity index (χ3n) is 8.42. The standard InChI is InChI=1S/C28H38N2O5/c1-33-20-4-6-25-24(15-20)21(8-12-30-25)26(31)7-5-22-23(18-9-13-34-14-10-18)16-27(22)35-28(32)19-3-2-11-29-17-19/h4,6,8,12,15,18-19,22-23,26-27,29,31H,2-3,5,7,9-11,13-14,16-17H2,1H3/t19?,22-,23+,26?,27?/m1/s1. The average Bonchev–Trinajstić information content (AvgIpc) is 2.90. The molecule has 3 aliphatic rings. The largest absolute Gasteiger partial charge is 0.497 e. The van der Waals surface area contributed by atoms with Gasteiger partial charge in [0.15, 0.2) is 0 Å². The second kappa shape index (κ2) is 11.2. The summed E-state index contributed by atoms with van der Waals surface area (Å²) >= 11 is 0. The van der Waals surface area contributed by atoms with Crippen LogP contribution >= 0.6 is 0 Å². The number of rotatable bonds is 8. The van der Waals surface area contributed by atoms with E-state index in [1.54, 1.807) is 13.3 Å². The Bertz CT molecular complexity index is 1000. The van der Waals surface area contributed by atoms with E-state index in [0.717, 1.165) is 87.0 Å². The van der Waals surface area contributed by atoms with Crippen LogP contribution in [0.1, 0.15) is 56.6 Å². The lowest BCUT2D eigenvalue weighted by Crippen LogP contribution is -2.50. The van der Waals surface area contributed by atoms with E-state index >= 15 is 0 Å². The van der Waals surface area contributed by atoms with E-state index in [0.29, 0.717) is 18.3 Å². The number of hydrogen-bond donors (Lipinski definition) is 2. The molecule has 190 valence electrons. The van der Waals surface area contributed by atoms with Crippen LogP contribution in [0.25, 0.3) is 10.9 Å². The van der Waals surface area contributed by atoms with E-state index in [4.69, 9.17) is 14.2 Å². The van der Waals surface area contributed by atoms with E-state index in [2.05, 4.69) is 10.3 Å². The van der Waals surface area contributed by atoms with Crippen molar-refractivity contribution in [3.8, 4) is 5.75 Å². The van der Waals surface area contributed by atoms with Crippen LogP contribution in [-0.2, 0) is 14.3 Å². The number of aromatic nitrogens is 1. The number of benzene rings is 1. The maximum atomic E-state index is 12.8. The number of fused-ring (bicyclic) bond motifs is 1. The summed E-state index contributed by atoms with van der Waals surface area (Å²) in [5.74, 6) is 2.10. The monoisotopic (exact) mass is 482 g/mol. The van der Waals surface area contributed by atoms with Crippen molar-refractivity contribution in [1.29, 1.82) is 0 Å². The first-order valence-corrected chi connectivity index (χ1v) is 13.2. The van der Waals surface area contributed by atoms with Gasteiger partial charge in [-0.05, 0) is 99.1 Å². The van der Waals surface area contributed by atoms with Gasteiger partial charge in [-0.1, -0.05) is 0 Å². The van der Waals surface area contributed by atoms with Gasteiger partial charge in [-0.25, -0.2) is 0 Å². The van der Waals surface area contributed by atoms with Gasteiger partial charge in [-0.2, -0.15) is 0 Å². The van der Waals surface area contributed by atoms with Gasteiger partial charge in [0.25, 0.3) is 0 Å². The number of nitrogens with zero attached hydrogens (tertiary/aromatic N) is 1. The molecule has 2 aliphatic heterocycles. The summed E-state index contributed by atoms with van der Waals surface area (Å²) in [6.45, 7) is 3.34. The van der Waals surface area contributed by atoms with Crippen molar-refractivity contribution >= 4 is 16.9 Å². The second-order valence-electron chi connectivity index (χ2n) is 10.4. The van der Waals surface area contributed by atoms with Crippen LogP contribution in [0.15, 0.2) is 30.5 Å². The highest BCUT2D eigenvalue weighted by atomic mass is 16.5. The van der Waals surface area contributed by atoms with Crippen molar-refractivity contribution in [3.63, 3.8) is 0 Å². The third-order valence-corrected chi connectivity index (χ3v) is 8.42. The Morgan fingerprint density at radius 1 is 1.26 bits per heavy atom. The van der Waals surface area contributed by atoms with Crippen molar-refractivity contribution in [3.05, 3.63) is 36.0 Å². The zero-order valence-corrected chi connectivity index (χ0v) is 20.7. The van der Waals surface area contributed by atoms with E-state index in [9.17, 15) is 9.90 Å². The van der Waals surface area contributed by atoms with Gasteiger partial charge in [0.1, 0.15) is 11.9 Å². The fraction of sp³-hybridized carbons (Fsp3) is 0.643. The summed E-state index contributed by atoms with van der Waals surface area (Å²) < 4.78 is 17.1. The molecular formula is C28H38N2O5. The number of esters is 1. The molecule has 1 aromatic heterocycles. The van der Waals surface area contributed by atoms with Gasteiger partial charge < -0.3 is 24.6 Å². The van der Waals surface area contributed by atoms with E-state index < -0.39 is 6.10 Å². The molecule has 7 nitrogen and oxygen atoms in total. The molecular weight excluding hydrogens is 444 g/mol. The van der Waals surface area contributed by atoms with Crippen LogP contribution in [0.5, 0.6) is 5.75 Å². The number of carbonyl (C=O) groups is 1. The highest BCUT2D eigenvalue weighted by Crippen LogP contribution is 2.48. The summed E-state index contributed by atoms with van der Waals surface area (Å²) in [5.41, 5.74) is 1.72. The molecule has 0 spiro atoms. The average molecular weight is 483 g/mol. The van der Waals surface area contributed by atoms with Crippen molar-refractivity contribution in [2.75, 3.05) is 33.4 Å². The fourth-order valence-corrected chi connectivity index (χ4v) is 6.29. The number of carbonyl (C=O) groups excluding carboxylic acids is 1. The molecule has 3 heterocycles. The predicted octanol–water partition coefficient (Wildman–Crippen LogP) is 4.03. The van der Waals surface area contributed by atoms with Crippen molar-refractivity contribution < 1.29 is 24.1 Å². The van der Waals surface area contributed by atoms with Crippen LogP contribution in [0.4, 0.5) is 0 Å². The molecule has 5 atom stereocenters. The minimum Gasteiger partial charge on any atom is -0.497 e. The Hall–Kier alpha value is -2.22. The summed E-state index contributed by atoms with van der Waals surface area (Å²) in [4.78, 5) is 17.3. The van der Waals surface area contributed by atoms with Crippen LogP contribution < -0.4 is 10.1 Å². The number of nitrogens with one attached hydrogen (secondary N) is 1. The minimum atomic E-state index is -0.609. The van der Waals surface area contributed by atoms with E-state index in [1.165, 1.54) is 0 Å². The van der Waals surface area contributed by atoms with Gasteiger partial charge in [0.05, 0.1) is 24.6 Å². The maximum Gasteiger partial charge on any atom is 0.310 e. The molecule has 0 bridgehead atoms. The molecule has 0 amide bonds. The second-order valence-corrected chi connectivity index (χ2v) is 10.4. The highest BCUT2D eigenvalue weighted by Gasteiger charge is 2.47. The molecule has 1 aromatic carbocycles. The predicted molar refractivity (Wildman–Crippen MR) is 133 cm³/mol. The first-order valence-electron chi connectivity index (χ1n) is 13.2. The minimum absolute atomic E-state index is 0.0321. The number of methoxy groups -OCH3 is 1. The molecule has 2 aromatic rings. The molecule has 2 saturated heterocycles. The Morgan fingerprint density at radius 3 is 2.89 bits per heavy atom. The zero-order chi connectivity index (χ0) is 24.2. The highest BCUT2D eigenvalue weighted by molar-refractivity contribution is 5.83.